The molecule has 0 aliphatic rings. The zero-order chi connectivity index (χ0) is 27.3. The summed E-state index contributed by atoms with van der Waals surface area (Å²) in [5, 5.41) is 9.22. The Morgan fingerprint density at radius 2 is 1.73 bits per heavy atom. The Hall–Kier alpha value is -3.27. The summed E-state index contributed by atoms with van der Waals surface area (Å²) < 4.78 is 56.1. The maximum atomic E-state index is 13.9. The molecule has 1 N–H and O–H groups in total. The predicted octanol–water partition coefficient (Wildman–Crippen LogP) is 5.95. The van der Waals surface area contributed by atoms with E-state index in [4.69, 9.17) is 14.2 Å². The number of halogens is 3. The van der Waals surface area contributed by atoms with Crippen molar-refractivity contribution >= 4 is 12.1 Å². The number of aliphatic carboxylic acids is 1. The van der Waals surface area contributed by atoms with E-state index in [0.29, 0.717) is 31.6 Å². The lowest BCUT2D eigenvalue weighted by molar-refractivity contribution is -0.149. The van der Waals surface area contributed by atoms with E-state index in [2.05, 4.69) is 0 Å². The number of rotatable bonds is 16. The van der Waals surface area contributed by atoms with E-state index in [0.717, 1.165) is 12.5 Å². The van der Waals surface area contributed by atoms with Crippen LogP contribution in [-0.4, -0.2) is 60.4 Å². The van der Waals surface area contributed by atoms with Crippen LogP contribution in [0.15, 0.2) is 48.5 Å². The van der Waals surface area contributed by atoms with Crippen LogP contribution in [0.2, 0.25) is 0 Å². The largest absolute Gasteiger partial charge is 0.492 e. The fourth-order valence-corrected chi connectivity index (χ4v) is 3.52. The third kappa shape index (κ3) is 11.6. The SMILES string of the molecule is CCOC(Cc1ccc(OCCN(CCCCCC(C)(F)F)C(=O)Oc2ccccc2F)cc1)C(=O)O. The van der Waals surface area contributed by atoms with Gasteiger partial charge in [-0.25, -0.2) is 22.8 Å². The fraction of sp³-hybridized carbons (Fsp3) is 0.481. The average Bonchev–Trinajstić information content (AvgIpc) is 2.84. The number of hydrogen-bond acceptors (Lipinski definition) is 5. The van der Waals surface area contributed by atoms with Crippen LogP contribution in [-0.2, 0) is 16.0 Å². The lowest BCUT2D eigenvalue weighted by Gasteiger charge is -2.22. The van der Waals surface area contributed by atoms with Crippen molar-refractivity contribution in [3.05, 3.63) is 59.9 Å². The van der Waals surface area contributed by atoms with Crippen molar-refractivity contribution in [3.8, 4) is 11.5 Å². The van der Waals surface area contributed by atoms with Gasteiger partial charge in [0, 0.05) is 26.0 Å². The molecule has 0 saturated heterocycles. The molecule has 204 valence electrons. The van der Waals surface area contributed by atoms with Crippen molar-refractivity contribution in [3.63, 3.8) is 0 Å². The molecule has 0 aromatic heterocycles. The molecule has 2 rings (SSSR count). The Bertz CT molecular complexity index is 981. The Morgan fingerprint density at radius 3 is 2.35 bits per heavy atom. The zero-order valence-corrected chi connectivity index (χ0v) is 21.1. The first-order valence-corrected chi connectivity index (χ1v) is 12.2. The molecule has 37 heavy (non-hydrogen) atoms. The summed E-state index contributed by atoms with van der Waals surface area (Å²) in [6.45, 7) is 3.36. The quantitative estimate of drug-likeness (QED) is 0.273. The van der Waals surface area contributed by atoms with Gasteiger partial charge in [0.05, 0.1) is 6.54 Å². The third-order valence-electron chi connectivity index (χ3n) is 5.45. The molecule has 10 heteroatoms. The van der Waals surface area contributed by atoms with Gasteiger partial charge in [0.1, 0.15) is 12.4 Å². The first-order chi connectivity index (χ1) is 17.6. The minimum absolute atomic E-state index is 0.107. The maximum absolute atomic E-state index is 13.9. The van der Waals surface area contributed by atoms with Crippen molar-refractivity contribution in [2.24, 2.45) is 0 Å². The molecule has 0 saturated carbocycles. The monoisotopic (exact) mass is 525 g/mol. The molecular formula is C27H34F3NO6. The summed E-state index contributed by atoms with van der Waals surface area (Å²) in [5.74, 6) is -4.13. The highest BCUT2D eigenvalue weighted by Gasteiger charge is 2.21. The van der Waals surface area contributed by atoms with Crippen molar-refractivity contribution in [1.29, 1.82) is 0 Å². The average molecular weight is 526 g/mol. The minimum atomic E-state index is -2.73. The van der Waals surface area contributed by atoms with E-state index in [1.807, 2.05) is 0 Å². The molecule has 1 atom stereocenters. The highest BCUT2D eigenvalue weighted by atomic mass is 19.3. The molecule has 0 aliphatic carbocycles. The molecule has 7 nitrogen and oxygen atoms in total. The second-order valence-electron chi connectivity index (χ2n) is 8.65. The normalized spacial score (nSPS) is 12.1. The first kappa shape index (κ1) is 30.0. The van der Waals surface area contributed by atoms with Crippen LogP contribution < -0.4 is 9.47 Å². The van der Waals surface area contributed by atoms with E-state index in [9.17, 15) is 27.9 Å². The second kappa shape index (κ2) is 15.1. The number of carboxylic acids is 1. The van der Waals surface area contributed by atoms with Crippen LogP contribution in [0.1, 0.15) is 45.1 Å². The van der Waals surface area contributed by atoms with Crippen molar-refractivity contribution in [2.45, 2.75) is 58.0 Å². The molecular weight excluding hydrogens is 491 g/mol. The summed E-state index contributed by atoms with van der Waals surface area (Å²) in [7, 11) is 0. The number of nitrogens with zero attached hydrogens (tertiary/aromatic N) is 1. The zero-order valence-electron chi connectivity index (χ0n) is 21.1. The van der Waals surface area contributed by atoms with Gasteiger partial charge in [0.25, 0.3) is 0 Å². The van der Waals surface area contributed by atoms with Crippen LogP contribution in [0.3, 0.4) is 0 Å². The standard InChI is InChI=1S/C27H34F3NO6/c1-3-35-24(25(32)33)19-20-11-13-21(14-12-20)36-18-17-31(16-8-4-7-15-27(2,29)30)26(34)37-23-10-6-5-9-22(23)28/h5-6,9-14,24H,3-4,7-8,15-19H2,1-2H3,(H,32,33). The van der Waals surface area contributed by atoms with E-state index < -0.39 is 29.9 Å². The Kier molecular flexibility index (Phi) is 12.2. The van der Waals surface area contributed by atoms with Gasteiger partial charge in [-0.3, -0.25) is 0 Å². The van der Waals surface area contributed by atoms with E-state index in [1.165, 1.54) is 23.1 Å². The Labute approximate surface area is 215 Å². The molecule has 2 aromatic carbocycles. The second-order valence-corrected chi connectivity index (χ2v) is 8.65. The summed E-state index contributed by atoms with van der Waals surface area (Å²) in [6.07, 6.45) is -0.438. The van der Waals surface area contributed by atoms with Gasteiger partial charge in [-0.05, 0) is 56.5 Å². The van der Waals surface area contributed by atoms with E-state index in [1.54, 1.807) is 37.3 Å². The number of para-hydroxylation sites is 1. The van der Waals surface area contributed by atoms with Gasteiger partial charge in [0.15, 0.2) is 17.7 Å². The van der Waals surface area contributed by atoms with Crippen LogP contribution in [0.5, 0.6) is 11.5 Å². The molecule has 2 aromatic rings. The first-order valence-electron chi connectivity index (χ1n) is 12.2. The highest BCUT2D eigenvalue weighted by molar-refractivity contribution is 5.72. The van der Waals surface area contributed by atoms with Gasteiger partial charge < -0.3 is 24.2 Å². The van der Waals surface area contributed by atoms with Crippen molar-refractivity contribution < 1.29 is 42.1 Å². The number of carbonyl (C=O) groups excluding carboxylic acids is 1. The van der Waals surface area contributed by atoms with Crippen LogP contribution >= 0.6 is 0 Å². The molecule has 0 radical (unpaired) electrons. The number of alkyl halides is 2. The number of carbonyl (C=O) groups is 2. The van der Waals surface area contributed by atoms with Gasteiger partial charge in [-0.15, -0.1) is 0 Å². The van der Waals surface area contributed by atoms with Crippen LogP contribution in [0.25, 0.3) is 0 Å². The Morgan fingerprint density at radius 1 is 1.03 bits per heavy atom. The smallest absolute Gasteiger partial charge is 0.415 e. The van der Waals surface area contributed by atoms with Gasteiger partial charge in [0.2, 0.25) is 5.92 Å². The lowest BCUT2D eigenvalue weighted by Crippen LogP contribution is -2.37. The number of carboxylic acid groups (broad SMARTS) is 1. The van der Waals surface area contributed by atoms with Gasteiger partial charge >= 0.3 is 12.1 Å². The number of hydrogen-bond donors (Lipinski definition) is 1. The molecule has 1 amide bonds. The molecule has 0 spiro atoms. The summed E-state index contributed by atoms with van der Waals surface area (Å²) >= 11 is 0. The number of unbranched alkanes of at least 4 members (excludes halogenated alkanes) is 2. The van der Waals surface area contributed by atoms with E-state index >= 15 is 0 Å². The van der Waals surface area contributed by atoms with Crippen LogP contribution in [0, 0.1) is 5.82 Å². The summed E-state index contributed by atoms with van der Waals surface area (Å²) in [5.41, 5.74) is 0.765. The summed E-state index contributed by atoms with van der Waals surface area (Å²) in [4.78, 5) is 25.3. The van der Waals surface area contributed by atoms with E-state index in [-0.39, 0.29) is 38.3 Å². The lowest BCUT2D eigenvalue weighted by atomic mass is 10.1. The van der Waals surface area contributed by atoms with Gasteiger partial charge in [-0.2, -0.15) is 0 Å². The summed E-state index contributed by atoms with van der Waals surface area (Å²) in [6, 6.07) is 12.4. The molecule has 0 bridgehead atoms. The molecule has 0 aliphatic heterocycles. The van der Waals surface area contributed by atoms with Gasteiger partial charge in [-0.1, -0.05) is 30.7 Å². The van der Waals surface area contributed by atoms with Crippen LogP contribution in [0.4, 0.5) is 18.0 Å². The van der Waals surface area contributed by atoms with Crippen molar-refractivity contribution in [1.82, 2.24) is 4.90 Å². The highest BCUT2D eigenvalue weighted by Crippen LogP contribution is 2.21. The number of benzene rings is 2. The minimum Gasteiger partial charge on any atom is -0.492 e. The maximum Gasteiger partial charge on any atom is 0.415 e. The van der Waals surface area contributed by atoms with Crippen molar-refractivity contribution in [2.75, 3.05) is 26.3 Å². The topological polar surface area (TPSA) is 85.3 Å². The fourth-order valence-electron chi connectivity index (χ4n) is 3.52. The third-order valence-corrected chi connectivity index (χ3v) is 5.45. The predicted molar refractivity (Wildman–Crippen MR) is 132 cm³/mol. The number of ether oxygens (including phenoxy) is 3. The molecule has 0 fully saturated rings. The Balaban J connectivity index is 1.92. The number of amides is 1. The molecule has 1 unspecified atom stereocenters. The molecule has 0 heterocycles.